The second-order valence-electron chi connectivity index (χ2n) is 5.53. The first-order valence-corrected chi connectivity index (χ1v) is 4.41. The molecule has 0 aromatic carbocycles. The summed E-state index contributed by atoms with van der Waals surface area (Å²) in [6, 6.07) is 0. The molecule has 58 valence electrons. The van der Waals surface area contributed by atoms with Crippen molar-refractivity contribution in [1.29, 1.82) is 0 Å². The summed E-state index contributed by atoms with van der Waals surface area (Å²) in [7, 11) is 0. The van der Waals surface area contributed by atoms with Crippen molar-refractivity contribution in [2.75, 3.05) is 0 Å². The quantitative estimate of drug-likeness (QED) is 0.482. The Hall–Kier alpha value is 0. The van der Waals surface area contributed by atoms with Crippen LogP contribution in [-0.2, 0) is 0 Å². The van der Waals surface area contributed by atoms with E-state index in [2.05, 4.69) is 27.7 Å². The van der Waals surface area contributed by atoms with Gasteiger partial charge in [-0.25, -0.2) is 0 Å². The maximum absolute atomic E-state index is 2.44. The molecule has 10 heavy (non-hydrogen) atoms. The topological polar surface area (TPSA) is 0 Å². The van der Waals surface area contributed by atoms with E-state index < -0.39 is 0 Å². The summed E-state index contributed by atoms with van der Waals surface area (Å²) in [5, 5.41) is 0. The predicted octanol–water partition coefficient (Wildman–Crippen LogP) is 3.22. The van der Waals surface area contributed by atoms with E-state index in [0.717, 1.165) is 5.41 Å². The van der Waals surface area contributed by atoms with Gasteiger partial charge in [-0.3, -0.25) is 0 Å². The van der Waals surface area contributed by atoms with Gasteiger partial charge in [-0.15, -0.1) is 0 Å². The van der Waals surface area contributed by atoms with Crippen LogP contribution in [0.15, 0.2) is 0 Å². The largest absolute Gasteiger partial charge is 0.0593 e. The molecule has 2 aliphatic rings. The number of hydrogen-bond donors (Lipinski definition) is 0. The van der Waals surface area contributed by atoms with Crippen molar-refractivity contribution < 1.29 is 0 Å². The first-order chi connectivity index (χ1) is 4.41. The van der Waals surface area contributed by atoms with Gasteiger partial charge in [-0.1, -0.05) is 27.7 Å². The fourth-order valence-electron chi connectivity index (χ4n) is 3.73. The Bertz CT molecular complexity index is 154. The molecular weight excluding hydrogens is 120 g/mol. The zero-order valence-electron chi connectivity index (χ0n) is 7.62. The molecule has 0 amide bonds. The highest BCUT2D eigenvalue weighted by Crippen LogP contribution is 2.79. The van der Waals surface area contributed by atoms with E-state index >= 15 is 0 Å². The summed E-state index contributed by atoms with van der Waals surface area (Å²) in [5.74, 6) is 0. The predicted molar refractivity (Wildman–Crippen MR) is 43.8 cm³/mol. The molecule has 0 aromatic heterocycles. The van der Waals surface area contributed by atoms with E-state index in [1.54, 1.807) is 0 Å². The van der Waals surface area contributed by atoms with Crippen LogP contribution in [0.2, 0.25) is 0 Å². The maximum atomic E-state index is 2.44. The molecule has 2 aliphatic carbocycles. The second-order valence-corrected chi connectivity index (χ2v) is 5.53. The van der Waals surface area contributed by atoms with E-state index in [-0.39, 0.29) is 0 Å². The molecular formula is C10H18. The third kappa shape index (κ3) is 0.466. The second kappa shape index (κ2) is 1.31. The molecule has 0 aromatic rings. The standard InChI is InChI=1S/C10H18/c1-8(2)7-9(3,4)10(8)5-6-10/h5-7H2,1-4H3. The molecule has 0 aliphatic heterocycles. The first kappa shape index (κ1) is 6.69. The molecule has 0 atom stereocenters. The van der Waals surface area contributed by atoms with Crippen molar-refractivity contribution in [3.8, 4) is 0 Å². The third-order valence-corrected chi connectivity index (χ3v) is 4.22. The lowest BCUT2D eigenvalue weighted by Gasteiger charge is -2.59. The van der Waals surface area contributed by atoms with Gasteiger partial charge in [0, 0.05) is 0 Å². The normalized spacial score (nSPS) is 37.2. The highest BCUT2D eigenvalue weighted by Gasteiger charge is 2.70. The fourth-order valence-corrected chi connectivity index (χ4v) is 3.73. The van der Waals surface area contributed by atoms with Gasteiger partial charge in [-0.05, 0) is 35.5 Å². The van der Waals surface area contributed by atoms with Gasteiger partial charge in [0.15, 0.2) is 0 Å². The summed E-state index contributed by atoms with van der Waals surface area (Å²) in [5.41, 5.74) is 2.09. The van der Waals surface area contributed by atoms with Gasteiger partial charge in [0.2, 0.25) is 0 Å². The first-order valence-electron chi connectivity index (χ1n) is 4.41. The molecule has 0 unspecified atom stereocenters. The lowest BCUT2D eigenvalue weighted by atomic mass is 9.45. The van der Waals surface area contributed by atoms with Gasteiger partial charge >= 0.3 is 0 Å². The summed E-state index contributed by atoms with van der Waals surface area (Å²) in [6.45, 7) is 9.74. The Morgan fingerprint density at radius 2 is 1.20 bits per heavy atom. The number of hydrogen-bond acceptors (Lipinski definition) is 0. The Kier molecular flexibility index (Phi) is 0.874. The lowest BCUT2D eigenvalue weighted by molar-refractivity contribution is -0.105. The monoisotopic (exact) mass is 138 g/mol. The van der Waals surface area contributed by atoms with Crippen LogP contribution < -0.4 is 0 Å². The van der Waals surface area contributed by atoms with Crippen LogP contribution in [0.1, 0.15) is 47.0 Å². The molecule has 0 N–H and O–H groups in total. The minimum atomic E-state index is 0.663. The maximum Gasteiger partial charge on any atom is -0.0194 e. The van der Waals surface area contributed by atoms with E-state index in [4.69, 9.17) is 0 Å². The molecule has 2 rings (SSSR count). The fraction of sp³-hybridized carbons (Fsp3) is 1.00. The van der Waals surface area contributed by atoms with Crippen LogP contribution in [0.3, 0.4) is 0 Å². The van der Waals surface area contributed by atoms with Crippen molar-refractivity contribution >= 4 is 0 Å². The van der Waals surface area contributed by atoms with Gasteiger partial charge in [0.05, 0.1) is 0 Å². The van der Waals surface area contributed by atoms with Gasteiger partial charge < -0.3 is 0 Å². The summed E-state index contributed by atoms with van der Waals surface area (Å²) < 4.78 is 0. The molecule has 2 saturated carbocycles. The van der Waals surface area contributed by atoms with Gasteiger partial charge in [-0.2, -0.15) is 0 Å². The molecule has 0 heterocycles. The van der Waals surface area contributed by atoms with Crippen LogP contribution in [-0.4, -0.2) is 0 Å². The minimum Gasteiger partial charge on any atom is -0.0593 e. The molecule has 0 nitrogen and oxygen atoms in total. The average molecular weight is 138 g/mol. The lowest BCUT2D eigenvalue weighted by Crippen LogP contribution is -2.52. The van der Waals surface area contributed by atoms with Crippen LogP contribution in [0, 0.1) is 16.2 Å². The zero-order valence-corrected chi connectivity index (χ0v) is 7.62. The summed E-state index contributed by atoms with van der Waals surface area (Å²) in [4.78, 5) is 0. The van der Waals surface area contributed by atoms with Gasteiger partial charge in [0.1, 0.15) is 0 Å². The number of rotatable bonds is 0. The highest BCUT2D eigenvalue weighted by atomic mass is 14.7. The average Bonchev–Trinajstić information content (AvgIpc) is 2.34. The minimum absolute atomic E-state index is 0.663. The SMILES string of the molecule is CC1(C)CC(C)(C)C12CC2. The van der Waals surface area contributed by atoms with Crippen LogP contribution >= 0.6 is 0 Å². The van der Waals surface area contributed by atoms with E-state index in [9.17, 15) is 0 Å². The Morgan fingerprint density at radius 1 is 0.800 bits per heavy atom. The smallest absolute Gasteiger partial charge is 0.0194 e. The molecule has 0 heteroatoms. The van der Waals surface area contributed by atoms with E-state index in [1.807, 2.05) is 0 Å². The van der Waals surface area contributed by atoms with Crippen molar-refractivity contribution in [2.24, 2.45) is 16.2 Å². The molecule has 1 spiro atoms. The molecule has 0 radical (unpaired) electrons. The summed E-state index contributed by atoms with van der Waals surface area (Å²) >= 11 is 0. The zero-order chi connectivity index (χ0) is 7.62. The Balaban J connectivity index is 2.27. The van der Waals surface area contributed by atoms with Crippen LogP contribution in [0.4, 0.5) is 0 Å². The Morgan fingerprint density at radius 3 is 1.30 bits per heavy atom. The molecule has 0 saturated heterocycles. The van der Waals surface area contributed by atoms with Crippen LogP contribution in [0.25, 0.3) is 0 Å². The van der Waals surface area contributed by atoms with Crippen molar-refractivity contribution in [3.05, 3.63) is 0 Å². The third-order valence-electron chi connectivity index (χ3n) is 4.22. The van der Waals surface area contributed by atoms with Crippen molar-refractivity contribution in [3.63, 3.8) is 0 Å². The van der Waals surface area contributed by atoms with Crippen LogP contribution in [0.5, 0.6) is 0 Å². The van der Waals surface area contributed by atoms with Crippen molar-refractivity contribution in [1.82, 2.24) is 0 Å². The highest BCUT2D eigenvalue weighted by molar-refractivity contribution is 5.20. The van der Waals surface area contributed by atoms with Crippen molar-refractivity contribution in [2.45, 2.75) is 47.0 Å². The van der Waals surface area contributed by atoms with Gasteiger partial charge in [0.25, 0.3) is 0 Å². The summed E-state index contributed by atoms with van der Waals surface area (Å²) in [6.07, 6.45) is 4.42. The molecule has 0 bridgehead atoms. The van der Waals surface area contributed by atoms with E-state index in [1.165, 1.54) is 19.3 Å². The van der Waals surface area contributed by atoms with E-state index in [0.29, 0.717) is 10.8 Å². The Labute approximate surface area is 64.0 Å². The molecule has 2 fully saturated rings.